The fraction of sp³-hybridized carbons (Fsp3) is 0.250. The van der Waals surface area contributed by atoms with Gasteiger partial charge in [0.25, 0.3) is 0 Å². The lowest BCUT2D eigenvalue weighted by molar-refractivity contribution is -0.131. The average molecular weight is 253 g/mol. The number of nitrogens with zero attached hydrogens (tertiary/aromatic N) is 2. The van der Waals surface area contributed by atoms with Crippen LogP contribution in [0.15, 0.2) is 24.7 Å². The zero-order valence-corrected chi connectivity index (χ0v) is 9.33. The van der Waals surface area contributed by atoms with E-state index >= 15 is 0 Å². The molecule has 0 radical (unpaired) electrons. The largest absolute Gasteiger partial charge is 0.390 e. The van der Waals surface area contributed by atoms with Crippen LogP contribution in [0.25, 0.3) is 5.65 Å². The second-order valence-electron chi connectivity index (χ2n) is 3.74. The van der Waals surface area contributed by atoms with Gasteiger partial charge in [-0.05, 0) is 6.07 Å². The Morgan fingerprint density at radius 1 is 1.44 bits per heavy atom. The molecule has 1 N–H and O–H groups in total. The number of imidazole rings is 1. The quantitative estimate of drug-likeness (QED) is 0.852. The molecule has 18 heavy (non-hydrogen) atoms. The third-order valence-corrected chi connectivity index (χ3v) is 2.38. The van der Waals surface area contributed by atoms with Crippen molar-refractivity contribution in [1.29, 1.82) is 0 Å². The van der Waals surface area contributed by atoms with Gasteiger partial charge in [0.15, 0.2) is 5.65 Å². The number of fused-ring (bicyclic) bond motifs is 1. The Morgan fingerprint density at radius 2 is 2.22 bits per heavy atom. The summed E-state index contributed by atoms with van der Waals surface area (Å²) in [5, 5.41) is 2.71. The van der Waals surface area contributed by atoms with E-state index < -0.39 is 12.6 Å². The van der Waals surface area contributed by atoms with Gasteiger partial charge in [-0.2, -0.15) is 13.2 Å². The Morgan fingerprint density at radius 3 is 2.89 bits per heavy atom. The first-order valence-corrected chi connectivity index (χ1v) is 5.23. The lowest BCUT2D eigenvalue weighted by Crippen LogP contribution is -2.15. The first-order valence-electron chi connectivity index (χ1n) is 5.23. The van der Waals surface area contributed by atoms with Crippen LogP contribution in [-0.4, -0.2) is 22.1 Å². The number of pyridine rings is 1. The van der Waals surface area contributed by atoms with E-state index in [-0.39, 0.29) is 6.54 Å². The summed E-state index contributed by atoms with van der Waals surface area (Å²) in [5.74, 6) is 2.45. The second-order valence-corrected chi connectivity index (χ2v) is 3.74. The molecule has 0 saturated heterocycles. The molecule has 2 rings (SSSR count). The summed E-state index contributed by atoms with van der Waals surface area (Å²) in [6.45, 7) is -0.208. The number of hydrogen-bond donors (Lipinski definition) is 1. The van der Waals surface area contributed by atoms with Gasteiger partial charge in [-0.1, -0.05) is 5.92 Å². The number of alkyl halides is 3. The minimum absolute atomic E-state index is 0.208. The van der Waals surface area contributed by atoms with Crippen LogP contribution >= 0.6 is 0 Å². The minimum atomic E-state index is -4.18. The van der Waals surface area contributed by atoms with E-state index in [1.807, 2.05) is 0 Å². The van der Waals surface area contributed by atoms with E-state index in [2.05, 4.69) is 16.2 Å². The predicted molar refractivity (Wildman–Crippen MR) is 62.3 cm³/mol. The van der Waals surface area contributed by atoms with E-state index in [4.69, 9.17) is 6.42 Å². The van der Waals surface area contributed by atoms with Crippen LogP contribution in [0.3, 0.4) is 0 Å². The van der Waals surface area contributed by atoms with Crippen LogP contribution in [0.5, 0.6) is 0 Å². The molecule has 6 heteroatoms. The van der Waals surface area contributed by atoms with Crippen LogP contribution in [-0.2, 0) is 0 Å². The Balaban J connectivity index is 2.21. The molecular weight excluding hydrogens is 243 g/mol. The number of anilines is 1. The number of terminal acetylenes is 1. The molecule has 0 aliphatic rings. The topological polar surface area (TPSA) is 29.3 Å². The first kappa shape index (κ1) is 12.3. The van der Waals surface area contributed by atoms with Crippen LogP contribution < -0.4 is 5.32 Å². The molecule has 0 amide bonds. The second kappa shape index (κ2) is 4.61. The van der Waals surface area contributed by atoms with E-state index in [9.17, 15) is 13.2 Å². The monoisotopic (exact) mass is 253 g/mol. The number of halogens is 3. The highest BCUT2D eigenvalue weighted by atomic mass is 19.4. The zero-order valence-electron chi connectivity index (χ0n) is 9.33. The summed E-state index contributed by atoms with van der Waals surface area (Å²) in [6, 6.07) is 1.61. The number of aromatic nitrogens is 2. The summed E-state index contributed by atoms with van der Waals surface area (Å²) in [7, 11) is 0. The van der Waals surface area contributed by atoms with E-state index in [0.717, 1.165) is 0 Å². The number of rotatable bonds is 3. The SMILES string of the molecule is C#Cc1cc(NCCC(F)(F)F)c2nccn2c1. The van der Waals surface area contributed by atoms with Gasteiger partial charge in [-0.25, -0.2) is 4.98 Å². The summed E-state index contributed by atoms with van der Waals surface area (Å²) >= 11 is 0. The molecular formula is C12H10F3N3. The maximum Gasteiger partial charge on any atom is 0.390 e. The van der Waals surface area contributed by atoms with Gasteiger partial charge in [0, 0.05) is 30.7 Å². The van der Waals surface area contributed by atoms with Crippen molar-refractivity contribution in [3.8, 4) is 12.3 Å². The summed E-state index contributed by atoms with van der Waals surface area (Å²) < 4.78 is 37.9. The van der Waals surface area contributed by atoms with Crippen molar-refractivity contribution in [2.45, 2.75) is 12.6 Å². The Bertz CT molecular complexity index is 593. The first-order chi connectivity index (χ1) is 8.49. The highest BCUT2D eigenvalue weighted by molar-refractivity contribution is 5.69. The minimum Gasteiger partial charge on any atom is -0.382 e. The Labute approximate surface area is 102 Å². The van der Waals surface area contributed by atoms with Gasteiger partial charge in [0.2, 0.25) is 0 Å². The van der Waals surface area contributed by atoms with E-state index in [0.29, 0.717) is 16.9 Å². The van der Waals surface area contributed by atoms with Crippen LogP contribution in [0.2, 0.25) is 0 Å². The van der Waals surface area contributed by atoms with Gasteiger partial charge < -0.3 is 9.72 Å². The molecule has 0 spiro atoms. The van der Waals surface area contributed by atoms with Crippen LogP contribution in [0, 0.1) is 12.3 Å². The smallest absolute Gasteiger partial charge is 0.382 e. The van der Waals surface area contributed by atoms with Gasteiger partial charge in [-0.15, -0.1) is 6.42 Å². The molecule has 0 atom stereocenters. The van der Waals surface area contributed by atoms with Gasteiger partial charge >= 0.3 is 6.18 Å². The fourth-order valence-electron chi connectivity index (χ4n) is 1.58. The maximum atomic E-state index is 12.1. The molecule has 0 saturated carbocycles. The molecule has 0 aliphatic carbocycles. The lowest BCUT2D eigenvalue weighted by atomic mass is 10.2. The molecule has 3 nitrogen and oxygen atoms in total. The standard InChI is InChI=1S/C12H10F3N3/c1-2-9-7-10(16-4-3-12(13,14)15)11-17-5-6-18(11)8-9/h1,5-8,16H,3-4H2. The molecule has 0 fully saturated rings. The normalized spacial score (nSPS) is 11.4. The summed E-state index contributed by atoms with van der Waals surface area (Å²) in [5.41, 5.74) is 1.63. The van der Waals surface area contributed by atoms with Crippen molar-refractivity contribution in [3.63, 3.8) is 0 Å². The van der Waals surface area contributed by atoms with Crippen molar-refractivity contribution in [2.24, 2.45) is 0 Å². The summed E-state index contributed by atoms with van der Waals surface area (Å²) in [6.07, 6.45) is 5.14. The van der Waals surface area contributed by atoms with Crippen molar-refractivity contribution in [2.75, 3.05) is 11.9 Å². The van der Waals surface area contributed by atoms with Crippen molar-refractivity contribution in [3.05, 3.63) is 30.2 Å². The summed E-state index contributed by atoms with van der Waals surface area (Å²) in [4.78, 5) is 4.06. The Kier molecular flexibility index (Phi) is 3.15. The number of hydrogen-bond acceptors (Lipinski definition) is 2. The highest BCUT2D eigenvalue weighted by Crippen LogP contribution is 2.21. The molecule has 0 unspecified atom stereocenters. The van der Waals surface area contributed by atoms with Gasteiger partial charge in [0.05, 0.1) is 12.1 Å². The lowest BCUT2D eigenvalue weighted by Gasteiger charge is -2.10. The molecule has 2 aromatic heterocycles. The van der Waals surface area contributed by atoms with Gasteiger partial charge in [0.1, 0.15) is 0 Å². The fourth-order valence-corrected chi connectivity index (χ4v) is 1.58. The van der Waals surface area contributed by atoms with E-state index in [1.54, 1.807) is 29.1 Å². The average Bonchev–Trinajstić information content (AvgIpc) is 2.75. The maximum absolute atomic E-state index is 12.1. The zero-order chi connectivity index (χ0) is 13.2. The molecule has 0 aliphatic heterocycles. The van der Waals surface area contributed by atoms with E-state index in [1.165, 1.54) is 0 Å². The van der Waals surface area contributed by atoms with Crippen molar-refractivity contribution in [1.82, 2.24) is 9.38 Å². The van der Waals surface area contributed by atoms with Crippen molar-refractivity contribution >= 4 is 11.3 Å². The molecule has 0 aromatic carbocycles. The van der Waals surface area contributed by atoms with Crippen LogP contribution in [0.4, 0.5) is 18.9 Å². The third kappa shape index (κ3) is 2.74. The molecule has 2 heterocycles. The van der Waals surface area contributed by atoms with Gasteiger partial charge in [-0.3, -0.25) is 0 Å². The molecule has 2 aromatic rings. The molecule has 94 valence electrons. The highest BCUT2D eigenvalue weighted by Gasteiger charge is 2.26. The molecule has 0 bridgehead atoms. The Hall–Kier alpha value is -2.16. The predicted octanol–water partition coefficient (Wildman–Crippen LogP) is 2.68. The van der Waals surface area contributed by atoms with Crippen LogP contribution in [0.1, 0.15) is 12.0 Å². The van der Waals surface area contributed by atoms with Crippen molar-refractivity contribution < 1.29 is 13.2 Å². The number of nitrogens with one attached hydrogen (secondary N) is 1. The third-order valence-electron chi connectivity index (χ3n) is 2.38.